The minimum atomic E-state index is -0.0383. The van der Waals surface area contributed by atoms with Gasteiger partial charge in [0.2, 0.25) is 0 Å². The van der Waals surface area contributed by atoms with Crippen LogP contribution in [-0.4, -0.2) is 59.6 Å². The molecule has 1 amide bonds. The fourth-order valence-corrected chi connectivity index (χ4v) is 5.48. The first-order valence-corrected chi connectivity index (χ1v) is 12.4. The van der Waals surface area contributed by atoms with Crippen LogP contribution >= 0.6 is 36.4 Å². The van der Waals surface area contributed by atoms with Crippen molar-refractivity contribution in [2.75, 3.05) is 44.2 Å². The zero-order chi connectivity index (χ0) is 22.7. The van der Waals surface area contributed by atoms with Crippen molar-refractivity contribution in [2.24, 2.45) is 0 Å². The maximum Gasteiger partial charge on any atom is 0.271 e. The maximum absolute atomic E-state index is 12.7. The Bertz CT molecular complexity index is 950. The first kappa shape index (κ1) is 28.8. The quantitative estimate of drug-likeness (QED) is 0.490. The number of aromatic nitrogens is 2. The summed E-state index contributed by atoms with van der Waals surface area (Å²) < 4.78 is 2.28. The van der Waals surface area contributed by atoms with Crippen molar-refractivity contribution in [3.05, 3.63) is 46.0 Å². The van der Waals surface area contributed by atoms with Gasteiger partial charge < -0.3 is 14.8 Å². The van der Waals surface area contributed by atoms with E-state index in [1.54, 1.807) is 0 Å². The summed E-state index contributed by atoms with van der Waals surface area (Å²) in [5.74, 6) is 0.927. The molecule has 1 N–H and O–H groups in total. The van der Waals surface area contributed by atoms with Crippen molar-refractivity contribution < 1.29 is 4.79 Å². The van der Waals surface area contributed by atoms with Crippen LogP contribution in [0.1, 0.15) is 65.7 Å². The molecule has 1 aliphatic heterocycles. The Hall–Kier alpha value is -1.47. The molecule has 2 heterocycles. The van der Waals surface area contributed by atoms with Gasteiger partial charge in [-0.2, -0.15) is 0 Å². The summed E-state index contributed by atoms with van der Waals surface area (Å²) in [5, 5.41) is 3.92. The number of piperazine rings is 1. The standard InChI is InChI=1S/C25H36ClN5O.2ClH/c1-18-22(26)10-6-11-23(18)30-16-14-29(15-17-30)13-7-12-27-25(32)24-19(2)31(20(3)28-24)21-8-4-5-9-21;;/h6,10-11,21H,4-5,7-9,12-17H2,1-3H3,(H,27,32);2*1H. The zero-order valence-electron chi connectivity index (χ0n) is 20.5. The molecule has 1 aliphatic carbocycles. The second-order valence-corrected chi connectivity index (χ2v) is 9.63. The molecule has 6 nitrogen and oxygen atoms in total. The summed E-state index contributed by atoms with van der Waals surface area (Å²) in [4.78, 5) is 22.2. The molecule has 0 unspecified atom stereocenters. The smallest absolute Gasteiger partial charge is 0.271 e. The number of nitrogens with one attached hydrogen (secondary N) is 1. The molecule has 190 valence electrons. The third kappa shape index (κ3) is 6.39. The van der Waals surface area contributed by atoms with Crippen molar-refractivity contribution in [3.8, 4) is 0 Å². The van der Waals surface area contributed by atoms with Crippen LogP contribution in [0.15, 0.2) is 18.2 Å². The van der Waals surface area contributed by atoms with Gasteiger partial charge in [-0.1, -0.05) is 30.5 Å². The third-order valence-corrected chi connectivity index (χ3v) is 7.53. The van der Waals surface area contributed by atoms with E-state index >= 15 is 0 Å². The van der Waals surface area contributed by atoms with E-state index in [0.29, 0.717) is 18.3 Å². The number of imidazole rings is 1. The molecule has 2 fully saturated rings. The Balaban J connectivity index is 0.00000204. The number of amides is 1. The molecule has 2 aromatic rings. The molecule has 1 aromatic heterocycles. The van der Waals surface area contributed by atoms with Crippen LogP contribution < -0.4 is 10.2 Å². The van der Waals surface area contributed by atoms with E-state index in [1.165, 1.54) is 31.4 Å². The highest BCUT2D eigenvalue weighted by atomic mass is 35.5. The lowest BCUT2D eigenvalue weighted by atomic mass is 10.1. The van der Waals surface area contributed by atoms with Gasteiger partial charge in [-0.15, -0.1) is 24.8 Å². The molecule has 0 bridgehead atoms. The predicted octanol–water partition coefficient (Wildman–Crippen LogP) is 5.36. The first-order valence-electron chi connectivity index (χ1n) is 12.0. The summed E-state index contributed by atoms with van der Waals surface area (Å²) in [6.45, 7) is 11.9. The van der Waals surface area contributed by atoms with E-state index < -0.39 is 0 Å². The van der Waals surface area contributed by atoms with E-state index in [-0.39, 0.29) is 30.7 Å². The number of carbonyl (C=O) groups excluding carboxylic acids is 1. The monoisotopic (exact) mass is 529 g/mol. The molecule has 1 saturated carbocycles. The summed E-state index contributed by atoms with van der Waals surface area (Å²) in [5.41, 5.74) is 4.01. The number of aryl methyl sites for hydroxylation is 1. The van der Waals surface area contributed by atoms with Crippen molar-refractivity contribution in [1.29, 1.82) is 0 Å². The second-order valence-electron chi connectivity index (χ2n) is 9.22. The highest BCUT2D eigenvalue weighted by Crippen LogP contribution is 2.32. The molecule has 9 heteroatoms. The lowest BCUT2D eigenvalue weighted by Gasteiger charge is -2.37. The summed E-state index contributed by atoms with van der Waals surface area (Å²) >= 11 is 6.29. The average molecular weight is 531 g/mol. The van der Waals surface area contributed by atoms with Crippen molar-refractivity contribution >= 4 is 48.0 Å². The SMILES string of the molecule is Cc1c(Cl)cccc1N1CCN(CCCNC(=O)c2nc(C)n(C3CCCC3)c2C)CC1.Cl.Cl. The van der Waals surface area contributed by atoms with E-state index in [1.807, 2.05) is 26.0 Å². The Morgan fingerprint density at radius 3 is 2.44 bits per heavy atom. The van der Waals surface area contributed by atoms with Gasteiger partial charge in [0.05, 0.1) is 0 Å². The van der Waals surface area contributed by atoms with Crippen LogP contribution in [0.2, 0.25) is 5.02 Å². The van der Waals surface area contributed by atoms with Gasteiger partial charge >= 0.3 is 0 Å². The first-order chi connectivity index (χ1) is 15.5. The summed E-state index contributed by atoms with van der Waals surface area (Å²) in [7, 11) is 0. The molecule has 0 radical (unpaired) electrons. The maximum atomic E-state index is 12.7. The van der Waals surface area contributed by atoms with Crippen LogP contribution in [0, 0.1) is 20.8 Å². The number of anilines is 1. The number of hydrogen-bond acceptors (Lipinski definition) is 4. The van der Waals surface area contributed by atoms with Crippen LogP contribution in [-0.2, 0) is 0 Å². The Morgan fingerprint density at radius 1 is 1.09 bits per heavy atom. The Morgan fingerprint density at radius 2 is 1.76 bits per heavy atom. The lowest BCUT2D eigenvalue weighted by Crippen LogP contribution is -2.47. The minimum Gasteiger partial charge on any atom is -0.369 e. The zero-order valence-corrected chi connectivity index (χ0v) is 22.9. The van der Waals surface area contributed by atoms with Gasteiger partial charge in [0.25, 0.3) is 5.91 Å². The summed E-state index contributed by atoms with van der Waals surface area (Å²) in [6, 6.07) is 6.65. The van der Waals surface area contributed by atoms with Crippen molar-refractivity contribution in [1.82, 2.24) is 19.8 Å². The van der Waals surface area contributed by atoms with Gasteiger partial charge in [0.15, 0.2) is 0 Å². The molecule has 2 aliphatic rings. The van der Waals surface area contributed by atoms with E-state index in [2.05, 4.69) is 37.7 Å². The second kappa shape index (κ2) is 13.0. The van der Waals surface area contributed by atoms with Crippen LogP contribution in [0.5, 0.6) is 0 Å². The van der Waals surface area contributed by atoms with Crippen LogP contribution in [0.3, 0.4) is 0 Å². The number of hydrogen-bond donors (Lipinski definition) is 1. The van der Waals surface area contributed by atoms with E-state index in [9.17, 15) is 4.79 Å². The molecular formula is C25H38Cl3N5O. The number of nitrogens with zero attached hydrogens (tertiary/aromatic N) is 4. The lowest BCUT2D eigenvalue weighted by molar-refractivity contribution is 0.0946. The molecule has 34 heavy (non-hydrogen) atoms. The van der Waals surface area contributed by atoms with Crippen molar-refractivity contribution in [2.45, 2.75) is 58.9 Å². The van der Waals surface area contributed by atoms with Gasteiger partial charge in [0.1, 0.15) is 11.5 Å². The van der Waals surface area contributed by atoms with E-state index in [4.69, 9.17) is 11.6 Å². The van der Waals surface area contributed by atoms with Gasteiger partial charge in [-0.3, -0.25) is 9.69 Å². The molecular weight excluding hydrogens is 493 g/mol. The number of halogens is 3. The van der Waals surface area contributed by atoms with Gasteiger partial charge in [-0.05, 0) is 64.3 Å². The molecule has 0 atom stereocenters. The fraction of sp³-hybridized carbons (Fsp3) is 0.600. The van der Waals surface area contributed by atoms with Crippen molar-refractivity contribution in [3.63, 3.8) is 0 Å². The highest BCUT2D eigenvalue weighted by Gasteiger charge is 2.25. The fourth-order valence-electron chi connectivity index (χ4n) is 5.31. The van der Waals surface area contributed by atoms with Crippen LogP contribution in [0.4, 0.5) is 5.69 Å². The van der Waals surface area contributed by atoms with Gasteiger partial charge in [0, 0.05) is 55.2 Å². The normalized spacial score (nSPS) is 16.8. The number of carbonyl (C=O) groups is 1. The van der Waals surface area contributed by atoms with E-state index in [0.717, 1.165) is 61.2 Å². The van der Waals surface area contributed by atoms with Crippen LogP contribution in [0.25, 0.3) is 0 Å². The molecule has 1 aromatic carbocycles. The molecule has 1 saturated heterocycles. The third-order valence-electron chi connectivity index (χ3n) is 7.12. The highest BCUT2D eigenvalue weighted by molar-refractivity contribution is 6.31. The number of benzene rings is 1. The topological polar surface area (TPSA) is 53.4 Å². The van der Waals surface area contributed by atoms with Gasteiger partial charge in [-0.25, -0.2) is 4.98 Å². The largest absolute Gasteiger partial charge is 0.369 e. The Kier molecular flexibility index (Phi) is 11.0. The molecule has 4 rings (SSSR count). The minimum absolute atomic E-state index is 0. The Labute approximate surface area is 221 Å². The molecule has 0 spiro atoms. The summed E-state index contributed by atoms with van der Waals surface area (Å²) in [6.07, 6.45) is 5.89. The average Bonchev–Trinajstić information content (AvgIpc) is 3.41. The predicted molar refractivity (Wildman–Crippen MR) is 145 cm³/mol. The number of rotatable bonds is 7.